The number of para-hydroxylation sites is 2. The quantitative estimate of drug-likeness (QED) is 0.500. The first-order chi connectivity index (χ1) is 14.0. The molecule has 7 nitrogen and oxygen atoms in total. The smallest absolute Gasteiger partial charge is 0.293 e. The molecule has 1 saturated heterocycles. The van der Waals surface area contributed by atoms with E-state index in [9.17, 15) is 14.9 Å². The molecule has 2 heterocycles. The summed E-state index contributed by atoms with van der Waals surface area (Å²) >= 11 is 1.72. The lowest BCUT2D eigenvalue weighted by atomic mass is 9.99. The Balaban J connectivity index is 1.43. The minimum atomic E-state index is -0.466. The molecule has 1 fully saturated rings. The number of anilines is 1. The number of amides is 1. The number of likely N-dealkylation sites (tertiary alicyclic amines) is 1. The summed E-state index contributed by atoms with van der Waals surface area (Å²) in [6.45, 7) is 3.58. The van der Waals surface area contributed by atoms with E-state index in [4.69, 9.17) is 4.98 Å². The van der Waals surface area contributed by atoms with Gasteiger partial charge in [-0.1, -0.05) is 24.3 Å². The summed E-state index contributed by atoms with van der Waals surface area (Å²) in [6, 6.07) is 12.9. The predicted octanol–water partition coefficient (Wildman–Crippen LogP) is 4.33. The number of thiazole rings is 1. The molecule has 0 saturated carbocycles. The van der Waals surface area contributed by atoms with E-state index >= 15 is 0 Å². The Bertz CT molecular complexity index is 1030. The zero-order valence-corrected chi connectivity index (χ0v) is 16.9. The summed E-state index contributed by atoms with van der Waals surface area (Å²) in [5.41, 5.74) is 1.90. The number of nitro groups is 1. The van der Waals surface area contributed by atoms with Crippen LogP contribution in [0.5, 0.6) is 0 Å². The van der Waals surface area contributed by atoms with Crippen molar-refractivity contribution in [2.45, 2.75) is 25.7 Å². The molecule has 0 bridgehead atoms. The van der Waals surface area contributed by atoms with E-state index in [0.29, 0.717) is 11.5 Å². The van der Waals surface area contributed by atoms with Crippen molar-refractivity contribution in [3.8, 4) is 0 Å². The second kappa shape index (κ2) is 8.26. The molecule has 1 aromatic heterocycles. The van der Waals surface area contributed by atoms with Crippen LogP contribution in [0, 0.1) is 17.0 Å². The van der Waals surface area contributed by atoms with Crippen LogP contribution < -0.4 is 5.32 Å². The highest BCUT2D eigenvalue weighted by Gasteiger charge is 2.26. The molecular formula is C21H22N4O3S. The topological polar surface area (TPSA) is 88.4 Å². The molecule has 150 valence electrons. The van der Waals surface area contributed by atoms with Crippen LogP contribution in [0.15, 0.2) is 42.5 Å². The van der Waals surface area contributed by atoms with Crippen molar-refractivity contribution in [2.24, 2.45) is 0 Å². The van der Waals surface area contributed by atoms with Gasteiger partial charge in [0.25, 0.3) is 5.69 Å². The summed E-state index contributed by atoms with van der Waals surface area (Å²) in [4.78, 5) is 30.3. The van der Waals surface area contributed by atoms with Gasteiger partial charge in [0.1, 0.15) is 5.69 Å². The van der Waals surface area contributed by atoms with Crippen LogP contribution in [0.1, 0.15) is 29.3 Å². The van der Waals surface area contributed by atoms with Gasteiger partial charge < -0.3 is 5.32 Å². The number of nitro benzene ring substituents is 1. The van der Waals surface area contributed by atoms with E-state index in [0.717, 1.165) is 36.5 Å². The van der Waals surface area contributed by atoms with Gasteiger partial charge in [0.15, 0.2) is 0 Å². The fourth-order valence-electron chi connectivity index (χ4n) is 3.81. The number of aryl methyl sites for hydroxylation is 1. The lowest BCUT2D eigenvalue weighted by Crippen LogP contribution is -2.39. The second-order valence-corrected chi connectivity index (χ2v) is 8.43. The maximum Gasteiger partial charge on any atom is 0.293 e. The summed E-state index contributed by atoms with van der Waals surface area (Å²) < 4.78 is 1.18. The molecule has 0 aliphatic carbocycles. The lowest BCUT2D eigenvalue weighted by Gasteiger charge is -2.31. The highest BCUT2D eigenvalue weighted by atomic mass is 32.1. The Morgan fingerprint density at radius 1 is 1.31 bits per heavy atom. The molecule has 1 atom stereocenters. The van der Waals surface area contributed by atoms with E-state index < -0.39 is 4.92 Å². The van der Waals surface area contributed by atoms with Gasteiger partial charge >= 0.3 is 0 Å². The number of piperidine rings is 1. The van der Waals surface area contributed by atoms with Gasteiger partial charge in [-0.05, 0) is 44.0 Å². The molecule has 1 amide bonds. The third-order valence-electron chi connectivity index (χ3n) is 5.24. The van der Waals surface area contributed by atoms with Crippen LogP contribution in [0.4, 0.5) is 11.4 Å². The number of nitrogens with zero attached hydrogens (tertiary/aromatic N) is 3. The standard InChI is InChI=1S/C21H22N4O3S/c1-14-6-4-9-17(25(27)28)20(14)23-19(26)13-24-11-5-7-15(12-24)21-22-16-8-2-3-10-18(16)29-21/h2-4,6,8-10,15H,5,7,11-13H2,1H3,(H,23,26)/t15-/m1/s1. The van der Waals surface area contributed by atoms with Gasteiger partial charge in [0.2, 0.25) is 5.91 Å². The molecule has 0 spiro atoms. The highest BCUT2D eigenvalue weighted by Crippen LogP contribution is 2.33. The van der Waals surface area contributed by atoms with Crippen LogP contribution in [-0.4, -0.2) is 40.3 Å². The number of hydrogen-bond donors (Lipinski definition) is 1. The maximum atomic E-state index is 12.6. The number of fused-ring (bicyclic) bond motifs is 1. The van der Waals surface area contributed by atoms with Gasteiger partial charge in [-0.25, -0.2) is 4.98 Å². The number of benzene rings is 2. The first-order valence-electron chi connectivity index (χ1n) is 9.63. The molecule has 1 N–H and O–H groups in total. The largest absolute Gasteiger partial charge is 0.319 e. The van der Waals surface area contributed by atoms with Gasteiger partial charge in [0.05, 0.1) is 26.7 Å². The van der Waals surface area contributed by atoms with Crippen molar-refractivity contribution in [1.82, 2.24) is 9.88 Å². The Hall–Kier alpha value is -2.84. The molecule has 0 unspecified atom stereocenters. The molecule has 1 aliphatic heterocycles. The average Bonchev–Trinajstić information content (AvgIpc) is 3.14. The number of carbonyl (C=O) groups is 1. The monoisotopic (exact) mass is 410 g/mol. The Kier molecular flexibility index (Phi) is 5.55. The lowest BCUT2D eigenvalue weighted by molar-refractivity contribution is -0.384. The zero-order valence-electron chi connectivity index (χ0n) is 16.1. The molecule has 8 heteroatoms. The van der Waals surface area contributed by atoms with E-state index in [1.54, 1.807) is 30.4 Å². The molecule has 4 rings (SSSR count). The average molecular weight is 410 g/mol. The summed E-state index contributed by atoms with van der Waals surface area (Å²) in [5, 5.41) is 15.1. The van der Waals surface area contributed by atoms with Gasteiger partial charge in [-0.2, -0.15) is 0 Å². The van der Waals surface area contributed by atoms with Crippen LogP contribution in [0.2, 0.25) is 0 Å². The minimum Gasteiger partial charge on any atom is -0.319 e. The molecule has 3 aromatic rings. The molecule has 0 radical (unpaired) electrons. The van der Waals surface area contributed by atoms with Crippen molar-refractivity contribution in [3.05, 3.63) is 63.1 Å². The Morgan fingerprint density at radius 2 is 2.14 bits per heavy atom. The van der Waals surface area contributed by atoms with E-state index in [2.05, 4.69) is 16.3 Å². The van der Waals surface area contributed by atoms with Crippen molar-refractivity contribution in [3.63, 3.8) is 0 Å². The molecule has 1 aliphatic rings. The van der Waals surface area contributed by atoms with E-state index in [1.165, 1.54) is 10.8 Å². The number of rotatable bonds is 5. The number of carbonyl (C=O) groups excluding carboxylic acids is 1. The van der Waals surface area contributed by atoms with E-state index in [1.807, 2.05) is 18.2 Å². The SMILES string of the molecule is Cc1cccc([N+](=O)[O-])c1NC(=O)CN1CCC[C@@H](c2nc3ccccc3s2)C1. The molecular weight excluding hydrogens is 388 g/mol. The van der Waals surface area contributed by atoms with Crippen LogP contribution >= 0.6 is 11.3 Å². The van der Waals surface area contributed by atoms with Gasteiger partial charge in [-0.15, -0.1) is 11.3 Å². The Morgan fingerprint density at radius 3 is 2.93 bits per heavy atom. The number of aromatic nitrogens is 1. The summed E-state index contributed by atoms with van der Waals surface area (Å²) in [6.07, 6.45) is 2.06. The second-order valence-electron chi connectivity index (χ2n) is 7.37. The van der Waals surface area contributed by atoms with Crippen molar-refractivity contribution >= 4 is 38.8 Å². The van der Waals surface area contributed by atoms with E-state index in [-0.39, 0.29) is 23.8 Å². The van der Waals surface area contributed by atoms with Crippen LogP contribution in [-0.2, 0) is 4.79 Å². The summed E-state index contributed by atoms with van der Waals surface area (Å²) in [7, 11) is 0. The maximum absolute atomic E-state index is 12.6. The predicted molar refractivity (Wildman–Crippen MR) is 114 cm³/mol. The fourth-order valence-corrected chi connectivity index (χ4v) is 4.91. The van der Waals surface area contributed by atoms with Crippen molar-refractivity contribution in [1.29, 1.82) is 0 Å². The first kappa shape index (κ1) is 19.5. The third kappa shape index (κ3) is 4.28. The van der Waals surface area contributed by atoms with Gasteiger partial charge in [0, 0.05) is 18.5 Å². The number of nitrogens with one attached hydrogen (secondary N) is 1. The van der Waals surface area contributed by atoms with Crippen molar-refractivity contribution < 1.29 is 9.72 Å². The van der Waals surface area contributed by atoms with Gasteiger partial charge in [-0.3, -0.25) is 19.8 Å². The summed E-state index contributed by atoms with van der Waals surface area (Å²) in [5.74, 6) is 0.0779. The van der Waals surface area contributed by atoms with Crippen LogP contribution in [0.3, 0.4) is 0 Å². The highest BCUT2D eigenvalue weighted by molar-refractivity contribution is 7.18. The fraction of sp³-hybridized carbons (Fsp3) is 0.333. The molecule has 29 heavy (non-hydrogen) atoms. The van der Waals surface area contributed by atoms with Crippen molar-refractivity contribution in [2.75, 3.05) is 25.0 Å². The molecule has 2 aromatic carbocycles. The van der Waals surface area contributed by atoms with Crippen LogP contribution in [0.25, 0.3) is 10.2 Å². The minimum absolute atomic E-state index is 0.0793. The zero-order chi connectivity index (χ0) is 20.4. The third-order valence-corrected chi connectivity index (χ3v) is 6.44. The Labute approximate surface area is 172 Å². The first-order valence-corrected chi connectivity index (χ1v) is 10.4. The normalized spacial score (nSPS) is 17.3. The number of hydrogen-bond acceptors (Lipinski definition) is 6.